The van der Waals surface area contributed by atoms with Crippen molar-refractivity contribution in [2.75, 3.05) is 24.7 Å². The van der Waals surface area contributed by atoms with Gasteiger partial charge in [0.05, 0.1) is 0 Å². The van der Waals surface area contributed by atoms with E-state index in [0.717, 1.165) is 30.4 Å². The lowest BCUT2D eigenvalue weighted by atomic mass is 10.1. The van der Waals surface area contributed by atoms with Crippen LogP contribution in [0.4, 0.5) is 5.82 Å². The zero-order valence-electron chi connectivity index (χ0n) is 9.23. The minimum absolute atomic E-state index is 0.572. The Hall–Kier alpha value is -0.810. The second-order valence-corrected chi connectivity index (χ2v) is 4.34. The lowest BCUT2D eigenvalue weighted by Gasteiger charge is -2.11. The van der Waals surface area contributed by atoms with E-state index in [4.69, 9.17) is 5.73 Å². The van der Waals surface area contributed by atoms with Crippen molar-refractivity contribution in [2.24, 2.45) is 11.7 Å². The number of nitrogens with one attached hydrogen (secondary N) is 1. The van der Waals surface area contributed by atoms with E-state index in [1.165, 1.54) is 0 Å². The number of nitrogens with two attached hydrogens (primary N) is 1. The third-order valence-electron chi connectivity index (χ3n) is 2.14. The summed E-state index contributed by atoms with van der Waals surface area (Å²) in [7, 11) is 0. The fraction of sp³-hybridized carbons (Fsp3) is 0.600. The molecule has 1 aromatic heterocycles. The average molecular weight is 226 g/mol. The van der Waals surface area contributed by atoms with Gasteiger partial charge in [0.1, 0.15) is 17.2 Å². The van der Waals surface area contributed by atoms with E-state index in [9.17, 15) is 0 Å². The first kappa shape index (κ1) is 12.3. The molecule has 0 bridgehead atoms. The number of hydrogen-bond donors (Lipinski definition) is 2. The SMILES string of the molecule is CSc1cc(NCC(C)CCN)ncn1. The van der Waals surface area contributed by atoms with Crippen molar-refractivity contribution in [3.63, 3.8) is 0 Å². The van der Waals surface area contributed by atoms with E-state index < -0.39 is 0 Å². The molecule has 0 aliphatic rings. The third kappa shape index (κ3) is 4.48. The van der Waals surface area contributed by atoms with Crippen LogP contribution in [0.3, 0.4) is 0 Å². The highest BCUT2D eigenvalue weighted by Crippen LogP contribution is 2.14. The zero-order valence-corrected chi connectivity index (χ0v) is 10.0. The van der Waals surface area contributed by atoms with Gasteiger partial charge in [0.25, 0.3) is 0 Å². The first-order valence-corrected chi connectivity index (χ1v) is 6.28. The summed E-state index contributed by atoms with van der Waals surface area (Å²) < 4.78 is 0. The maximum atomic E-state index is 5.49. The number of thioether (sulfide) groups is 1. The normalized spacial score (nSPS) is 12.5. The molecule has 0 aliphatic heterocycles. The van der Waals surface area contributed by atoms with Gasteiger partial charge in [-0.2, -0.15) is 0 Å². The second kappa shape index (κ2) is 6.63. The first-order chi connectivity index (χ1) is 7.26. The van der Waals surface area contributed by atoms with Gasteiger partial charge in [0.2, 0.25) is 0 Å². The molecule has 1 heterocycles. The highest BCUT2D eigenvalue weighted by Gasteiger charge is 2.02. The van der Waals surface area contributed by atoms with Gasteiger partial charge in [0.15, 0.2) is 0 Å². The molecular weight excluding hydrogens is 208 g/mol. The predicted octanol–water partition coefficient (Wildman–Crippen LogP) is 1.60. The lowest BCUT2D eigenvalue weighted by Crippen LogP contribution is -2.15. The Balaban J connectivity index is 2.43. The molecule has 0 saturated heterocycles. The van der Waals surface area contributed by atoms with Crippen molar-refractivity contribution in [1.82, 2.24) is 9.97 Å². The quantitative estimate of drug-likeness (QED) is 0.570. The number of aromatic nitrogens is 2. The Morgan fingerprint density at radius 3 is 3.00 bits per heavy atom. The van der Waals surface area contributed by atoms with Gasteiger partial charge < -0.3 is 11.1 Å². The van der Waals surface area contributed by atoms with Gasteiger partial charge >= 0.3 is 0 Å². The molecule has 1 aromatic rings. The van der Waals surface area contributed by atoms with Gasteiger partial charge in [-0.05, 0) is 25.1 Å². The van der Waals surface area contributed by atoms with Crippen LogP contribution in [-0.4, -0.2) is 29.3 Å². The summed E-state index contributed by atoms with van der Waals surface area (Å²) in [6, 6.07) is 1.96. The molecule has 3 N–H and O–H groups in total. The molecule has 84 valence electrons. The summed E-state index contributed by atoms with van der Waals surface area (Å²) in [5.41, 5.74) is 5.49. The first-order valence-electron chi connectivity index (χ1n) is 5.06. The molecule has 1 unspecified atom stereocenters. The molecular formula is C10H18N4S. The van der Waals surface area contributed by atoms with Gasteiger partial charge in [-0.25, -0.2) is 9.97 Å². The van der Waals surface area contributed by atoms with Crippen molar-refractivity contribution in [1.29, 1.82) is 0 Å². The molecule has 1 rings (SSSR count). The van der Waals surface area contributed by atoms with E-state index in [0.29, 0.717) is 5.92 Å². The van der Waals surface area contributed by atoms with Crippen LogP contribution in [0.5, 0.6) is 0 Å². The molecule has 15 heavy (non-hydrogen) atoms. The van der Waals surface area contributed by atoms with Crippen LogP contribution >= 0.6 is 11.8 Å². The van der Waals surface area contributed by atoms with E-state index in [1.807, 2.05) is 12.3 Å². The summed E-state index contributed by atoms with van der Waals surface area (Å²) in [6.07, 6.45) is 4.62. The smallest absolute Gasteiger partial charge is 0.130 e. The van der Waals surface area contributed by atoms with Crippen molar-refractivity contribution >= 4 is 17.6 Å². The number of nitrogens with zero attached hydrogens (tertiary/aromatic N) is 2. The van der Waals surface area contributed by atoms with Crippen molar-refractivity contribution in [3.8, 4) is 0 Å². The van der Waals surface area contributed by atoms with Gasteiger partial charge in [-0.15, -0.1) is 11.8 Å². The maximum absolute atomic E-state index is 5.49. The largest absolute Gasteiger partial charge is 0.370 e. The second-order valence-electron chi connectivity index (χ2n) is 3.51. The van der Waals surface area contributed by atoms with Gasteiger partial charge in [0, 0.05) is 12.6 Å². The standard InChI is InChI=1S/C10H18N4S/c1-8(3-4-11)6-12-9-5-10(15-2)14-7-13-9/h5,7-8H,3-4,6,11H2,1-2H3,(H,12,13,14). The molecule has 0 amide bonds. The third-order valence-corrected chi connectivity index (χ3v) is 2.78. The summed E-state index contributed by atoms with van der Waals surface area (Å²) in [5.74, 6) is 1.46. The zero-order chi connectivity index (χ0) is 11.1. The summed E-state index contributed by atoms with van der Waals surface area (Å²) in [5, 5.41) is 4.27. The van der Waals surface area contributed by atoms with Crippen LogP contribution in [-0.2, 0) is 0 Å². The highest BCUT2D eigenvalue weighted by molar-refractivity contribution is 7.98. The Morgan fingerprint density at radius 1 is 1.53 bits per heavy atom. The van der Waals surface area contributed by atoms with Crippen LogP contribution in [0, 0.1) is 5.92 Å². The van der Waals surface area contributed by atoms with E-state index >= 15 is 0 Å². The fourth-order valence-corrected chi connectivity index (χ4v) is 1.60. The minimum atomic E-state index is 0.572. The van der Waals surface area contributed by atoms with E-state index in [-0.39, 0.29) is 0 Å². The molecule has 0 aromatic carbocycles. The Kier molecular flexibility index (Phi) is 5.42. The topological polar surface area (TPSA) is 63.8 Å². The minimum Gasteiger partial charge on any atom is -0.370 e. The summed E-state index contributed by atoms with van der Waals surface area (Å²) in [6.45, 7) is 3.82. The predicted molar refractivity (Wildman–Crippen MR) is 65.1 cm³/mol. The molecule has 0 spiro atoms. The van der Waals surface area contributed by atoms with Crippen molar-refractivity contribution < 1.29 is 0 Å². The van der Waals surface area contributed by atoms with Crippen molar-refractivity contribution in [3.05, 3.63) is 12.4 Å². The number of hydrogen-bond acceptors (Lipinski definition) is 5. The summed E-state index contributed by atoms with van der Waals surface area (Å²) in [4.78, 5) is 8.27. The van der Waals surface area contributed by atoms with Crippen LogP contribution < -0.4 is 11.1 Å². The van der Waals surface area contributed by atoms with Crippen LogP contribution in [0.1, 0.15) is 13.3 Å². The highest BCUT2D eigenvalue weighted by atomic mass is 32.2. The van der Waals surface area contributed by atoms with Crippen molar-refractivity contribution in [2.45, 2.75) is 18.4 Å². The van der Waals surface area contributed by atoms with E-state index in [2.05, 4.69) is 22.2 Å². The summed E-state index contributed by atoms with van der Waals surface area (Å²) >= 11 is 1.62. The molecule has 0 saturated carbocycles. The van der Waals surface area contributed by atoms with Crippen LogP contribution in [0.25, 0.3) is 0 Å². The number of anilines is 1. The lowest BCUT2D eigenvalue weighted by molar-refractivity contribution is 0.567. The van der Waals surface area contributed by atoms with Gasteiger partial charge in [-0.1, -0.05) is 6.92 Å². The maximum Gasteiger partial charge on any atom is 0.130 e. The molecule has 0 fully saturated rings. The molecule has 4 nitrogen and oxygen atoms in total. The molecule has 1 atom stereocenters. The van der Waals surface area contributed by atoms with Crippen LogP contribution in [0.15, 0.2) is 17.4 Å². The monoisotopic (exact) mass is 226 g/mol. The number of rotatable bonds is 6. The Bertz CT molecular complexity index is 293. The fourth-order valence-electron chi connectivity index (χ4n) is 1.21. The van der Waals surface area contributed by atoms with Crippen LogP contribution in [0.2, 0.25) is 0 Å². The van der Waals surface area contributed by atoms with E-state index in [1.54, 1.807) is 18.1 Å². The Morgan fingerprint density at radius 2 is 2.33 bits per heavy atom. The molecule has 0 radical (unpaired) electrons. The van der Waals surface area contributed by atoms with Gasteiger partial charge in [-0.3, -0.25) is 0 Å². The molecule has 0 aliphatic carbocycles. The average Bonchev–Trinajstić information content (AvgIpc) is 2.27. The molecule has 5 heteroatoms. The Labute approximate surface area is 95.1 Å².